The van der Waals surface area contributed by atoms with E-state index in [-0.39, 0.29) is 0 Å². The molecule has 1 saturated carbocycles. The van der Waals surface area contributed by atoms with E-state index in [4.69, 9.17) is 0 Å². The number of hydrogen-bond donors (Lipinski definition) is 1. The van der Waals surface area contributed by atoms with E-state index < -0.39 is 0 Å². The molecule has 0 spiro atoms. The zero-order chi connectivity index (χ0) is 12.3. The lowest BCUT2D eigenvalue weighted by Gasteiger charge is -2.29. The van der Waals surface area contributed by atoms with Crippen molar-refractivity contribution in [2.75, 3.05) is 6.54 Å². The lowest BCUT2D eigenvalue weighted by molar-refractivity contribution is 0.259. The highest BCUT2D eigenvalue weighted by Crippen LogP contribution is 2.40. The van der Waals surface area contributed by atoms with Crippen molar-refractivity contribution < 1.29 is 0 Å². The fraction of sp³-hybridized carbons (Fsp3) is 0.733. The molecule has 1 heterocycles. The zero-order valence-corrected chi connectivity index (χ0v) is 12.2. The Balaban J connectivity index is 1.91. The summed E-state index contributed by atoms with van der Waals surface area (Å²) in [6, 6.07) is 2.74. The van der Waals surface area contributed by atoms with E-state index in [1.54, 1.807) is 0 Å². The van der Waals surface area contributed by atoms with Crippen LogP contribution in [-0.4, -0.2) is 6.54 Å². The SMILES string of the molecule is CCC1(CNC(C)c2sccc2C)CCCC1. The maximum atomic E-state index is 3.77. The van der Waals surface area contributed by atoms with E-state index in [1.807, 2.05) is 11.3 Å². The molecule has 1 aromatic heterocycles. The first-order valence-corrected chi connectivity index (χ1v) is 7.82. The van der Waals surface area contributed by atoms with E-state index in [2.05, 4.69) is 37.5 Å². The standard InChI is InChI=1S/C15H25NS/c1-4-15(8-5-6-9-15)11-16-13(3)14-12(2)7-10-17-14/h7,10,13,16H,4-6,8-9,11H2,1-3H3. The minimum Gasteiger partial charge on any atom is -0.309 e. The second-order valence-electron chi connectivity index (χ2n) is 5.63. The quantitative estimate of drug-likeness (QED) is 0.801. The van der Waals surface area contributed by atoms with Crippen molar-refractivity contribution in [1.29, 1.82) is 0 Å². The molecule has 1 N–H and O–H groups in total. The van der Waals surface area contributed by atoms with E-state index in [1.165, 1.54) is 49.1 Å². The molecule has 1 aromatic rings. The number of aryl methyl sites for hydroxylation is 1. The normalized spacial score (nSPS) is 20.6. The lowest BCUT2D eigenvalue weighted by Crippen LogP contribution is -2.33. The summed E-state index contributed by atoms with van der Waals surface area (Å²) in [7, 11) is 0. The van der Waals surface area contributed by atoms with E-state index >= 15 is 0 Å². The van der Waals surface area contributed by atoms with Crippen molar-refractivity contribution >= 4 is 11.3 Å². The molecule has 0 aliphatic heterocycles. The lowest BCUT2D eigenvalue weighted by atomic mass is 9.83. The van der Waals surface area contributed by atoms with Gasteiger partial charge in [-0.05, 0) is 55.5 Å². The molecule has 2 rings (SSSR count). The summed E-state index contributed by atoms with van der Waals surface area (Å²) in [5.74, 6) is 0. The predicted molar refractivity (Wildman–Crippen MR) is 76.7 cm³/mol. The van der Waals surface area contributed by atoms with E-state index in [9.17, 15) is 0 Å². The molecule has 2 heteroatoms. The molecule has 96 valence electrons. The second-order valence-corrected chi connectivity index (χ2v) is 6.58. The summed E-state index contributed by atoms with van der Waals surface area (Å²) in [6.45, 7) is 8.07. The van der Waals surface area contributed by atoms with Gasteiger partial charge in [0, 0.05) is 17.5 Å². The maximum Gasteiger partial charge on any atom is 0.0388 e. The smallest absolute Gasteiger partial charge is 0.0388 e. The Morgan fingerprint density at radius 3 is 2.65 bits per heavy atom. The third kappa shape index (κ3) is 2.92. The molecule has 0 bridgehead atoms. The first kappa shape index (κ1) is 13.1. The second kappa shape index (κ2) is 5.53. The highest BCUT2D eigenvalue weighted by molar-refractivity contribution is 7.10. The minimum atomic E-state index is 0.513. The van der Waals surface area contributed by atoms with Crippen LogP contribution >= 0.6 is 11.3 Å². The molecular formula is C15H25NS. The average Bonchev–Trinajstić information content (AvgIpc) is 2.95. The topological polar surface area (TPSA) is 12.0 Å². The van der Waals surface area contributed by atoms with Crippen molar-refractivity contribution in [3.8, 4) is 0 Å². The van der Waals surface area contributed by atoms with Gasteiger partial charge in [-0.25, -0.2) is 0 Å². The van der Waals surface area contributed by atoms with Crippen LogP contribution in [0.25, 0.3) is 0 Å². The molecule has 1 nitrogen and oxygen atoms in total. The van der Waals surface area contributed by atoms with Crippen molar-refractivity contribution in [1.82, 2.24) is 5.32 Å². The summed E-state index contributed by atoms with van der Waals surface area (Å²) >= 11 is 1.88. The van der Waals surface area contributed by atoms with E-state index in [0.717, 1.165) is 0 Å². The molecule has 1 aliphatic carbocycles. The Hall–Kier alpha value is -0.340. The van der Waals surface area contributed by atoms with Crippen LogP contribution in [0.5, 0.6) is 0 Å². The van der Waals surface area contributed by atoms with Crippen LogP contribution in [0.15, 0.2) is 11.4 Å². The molecule has 1 aliphatic rings. The van der Waals surface area contributed by atoms with Gasteiger partial charge in [-0.1, -0.05) is 19.8 Å². The Morgan fingerprint density at radius 2 is 2.12 bits per heavy atom. The fourth-order valence-corrected chi connectivity index (χ4v) is 4.03. The van der Waals surface area contributed by atoms with Crippen LogP contribution in [-0.2, 0) is 0 Å². The summed E-state index contributed by atoms with van der Waals surface area (Å²) in [5, 5.41) is 5.97. The highest BCUT2D eigenvalue weighted by Gasteiger charge is 2.32. The average molecular weight is 251 g/mol. The Morgan fingerprint density at radius 1 is 1.41 bits per heavy atom. The molecule has 0 radical (unpaired) electrons. The van der Waals surface area contributed by atoms with Crippen molar-refractivity contribution in [2.24, 2.45) is 5.41 Å². The predicted octanol–water partition coefficient (Wildman–Crippen LogP) is 4.68. The summed E-state index contributed by atoms with van der Waals surface area (Å²) in [6.07, 6.45) is 7.04. The zero-order valence-electron chi connectivity index (χ0n) is 11.4. The van der Waals surface area contributed by atoms with Gasteiger partial charge >= 0.3 is 0 Å². The fourth-order valence-electron chi connectivity index (χ4n) is 3.07. The van der Waals surface area contributed by atoms with Crippen LogP contribution in [0.3, 0.4) is 0 Å². The van der Waals surface area contributed by atoms with Crippen LogP contribution in [0, 0.1) is 12.3 Å². The maximum absolute atomic E-state index is 3.77. The van der Waals surface area contributed by atoms with Gasteiger partial charge in [0.25, 0.3) is 0 Å². The van der Waals surface area contributed by atoms with Crippen molar-refractivity contribution in [3.63, 3.8) is 0 Å². The van der Waals surface area contributed by atoms with Gasteiger partial charge in [-0.15, -0.1) is 11.3 Å². The molecule has 0 aromatic carbocycles. The first-order valence-electron chi connectivity index (χ1n) is 6.94. The third-order valence-corrected chi connectivity index (χ3v) is 5.69. The highest BCUT2D eigenvalue weighted by atomic mass is 32.1. The largest absolute Gasteiger partial charge is 0.309 e. The molecule has 17 heavy (non-hydrogen) atoms. The first-order chi connectivity index (χ1) is 8.17. The van der Waals surface area contributed by atoms with Gasteiger partial charge in [0.05, 0.1) is 0 Å². The molecule has 1 atom stereocenters. The number of rotatable bonds is 5. The number of nitrogens with one attached hydrogen (secondary N) is 1. The Kier molecular flexibility index (Phi) is 4.26. The van der Waals surface area contributed by atoms with Crippen LogP contribution in [0.1, 0.15) is 62.4 Å². The van der Waals surface area contributed by atoms with Gasteiger partial charge < -0.3 is 5.32 Å². The number of hydrogen-bond acceptors (Lipinski definition) is 2. The van der Waals surface area contributed by atoms with Gasteiger partial charge in [0.1, 0.15) is 0 Å². The minimum absolute atomic E-state index is 0.513. The van der Waals surface area contributed by atoms with Gasteiger partial charge in [-0.3, -0.25) is 0 Å². The van der Waals surface area contributed by atoms with E-state index in [0.29, 0.717) is 11.5 Å². The van der Waals surface area contributed by atoms with Crippen LogP contribution in [0.4, 0.5) is 0 Å². The summed E-state index contributed by atoms with van der Waals surface area (Å²) < 4.78 is 0. The number of thiophene rings is 1. The molecule has 0 amide bonds. The third-order valence-electron chi connectivity index (χ3n) is 4.49. The molecular weight excluding hydrogens is 226 g/mol. The van der Waals surface area contributed by atoms with Crippen molar-refractivity contribution in [2.45, 2.75) is 58.9 Å². The molecule has 0 saturated heterocycles. The van der Waals surface area contributed by atoms with Gasteiger partial charge in [0.2, 0.25) is 0 Å². The molecule has 1 unspecified atom stereocenters. The monoisotopic (exact) mass is 251 g/mol. The Labute approximate surface area is 110 Å². The van der Waals surface area contributed by atoms with Gasteiger partial charge in [0.15, 0.2) is 0 Å². The van der Waals surface area contributed by atoms with Crippen LogP contribution < -0.4 is 5.32 Å². The van der Waals surface area contributed by atoms with Gasteiger partial charge in [-0.2, -0.15) is 0 Å². The van der Waals surface area contributed by atoms with Crippen molar-refractivity contribution in [3.05, 3.63) is 21.9 Å². The van der Waals surface area contributed by atoms with Crippen LogP contribution in [0.2, 0.25) is 0 Å². The summed E-state index contributed by atoms with van der Waals surface area (Å²) in [4.78, 5) is 1.51. The Bertz CT molecular complexity index is 350. The molecule has 1 fully saturated rings. The summed E-state index contributed by atoms with van der Waals surface area (Å²) in [5.41, 5.74) is 2.03.